The maximum absolute atomic E-state index is 11.8. The van der Waals surface area contributed by atoms with Gasteiger partial charge in [-0.2, -0.15) is 0 Å². The van der Waals surface area contributed by atoms with Crippen molar-refractivity contribution in [1.29, 1.82) is 0 Å². The fraction of sp³-hybridized carbons (Fsp3) is 0.471. The maximum atomic E-state index is 11.8. The minimum Gasteiger partial charge on any atom is -0.497 e. The molecule has 0 aliphatic rings. The molecule has 3 heteroatoms. The zero-order chi connectivity index (χ0) is 14.8. The highest BCUT2D eigenvalue weighted by Gasteiger charge is 2.05. The Labute approximate surface area is 121 Å². The smallest absolute Gasteiger partial charge is 0.333 e. The van der Waals surface area contributed by atoms with Gasteiger partial charge >= 0.3 is 5.97 Å². The SMILES string of the molecule is CCCCCC=C(C)C(=O)OCc1ccc(OC)cc1. The molecule has 0 fully saturated rings. The second-order valence-electron chi connectivity index (χ2n) is 4.81. The topological polar surface area (TPSA) is 35.5 Å². The van der Waals surface area contributed by atoms with Gasteiger partial charge in [-0.1, -0.05) is 38.0 Å². The monoisotopic (exact) mass is 276 g/mol. The van der Waals surface area contributed by atoms with E-state index in [4.69, 9.17) is 9.47 Å². The van der Waals surface area contributed by atoms with Gasteiger partial charge in [-0.15, -0.1) is 0 Å². The molecule has 0 aliphatic carbocycles. The van der Waals surface area contributed by atoms with E-state index in [2.05, 4.69) is 6.92 Å². The number of carbonyl (C=O) groups is 1. The Kier molecular flexibility index (Phi) is 7.48. The molecule has 0 aliphatic heterocycles. The second-order valence-corrected chi connectivity index (χ2v) is 4.81. The fourth-order valence-electron chi connectivity index (χ4n) is 1.78. The number of carbonyl (C=O) groups excluding carboxylic acids is 1. The Morgan fingerprint density at radius 2 is 1.90 bits per heavy atom. The van der Waals surface area contributed by atoms with Crippen LogP contribution in [0.2, 0.25) is 0 Å². The summed E-state index contributed by atoms with van der Waals surface area (Å²) in [6, 6.07) is 7.51. The largest absolute Gasteiger partial charge is 0.497 e. The summed E-state index contributed by atoms with van der Waals surface area (Å²) in [5, 5.41) is 0. The average molecular weight is 276 g/mol. The Balaban J connectivity index is 2.37. The van der Waals surface area contributed by atoms with Crippen molar-refractivity contribution in [1.82, 2.24) is 0 Å². The number of hydrogen-bond acceptors (Lipinski definition) is 3. The number of unbranched alkanes of at least 4 members (excludes halogenated alkanes) is 3. The summed E-state index contributed by atoms with van der Waals surface area (Å²) >= 11 is 0. The predicted molar refractivity (Wildman–Crippen MR) is 80.7 cm³/mol. The number of esters is 1. The summed E-state index contributed by atoms with van der Waals surface area (Å²) in [5.74, 6) is 0.560. The molecule has 1 aromatic carbocycles. The van der Waals surface area contributed by atoms with Gasteiger partial charge in [-0.05, 0) is 37.5 Å². The number of ether oxygens (including phenoxy) is 2. The molecule has 0 amide bonds. The average Bonchev–Trinajstić information content (AvgIpc) is 2.49. The molecule has 0 saturated heterocycles. The Morgan fingerprint density at radius 1 is 1.20 bits per heavy atom. The molecule has 1 rings (SSSR count). The molecule has 20 heavy (non-hydrogen) atoms. The van der Waals surface area contributed by atoms with E-state index in [1.807, 2.05) is 37.3 Å². The van der Waals surface area contributed by atoms with Crippen LogP contribution in [0.25, 0.3) is 0 Å². The number of methoxy groups -OCH3 is 1. The standard InChI is InChI=1S/C17H24O3/c1-4-5-6-7-8-14(2)17(18)20-13-15-9-11-16(19-3)12-10-15/h8-12H,4-7,13H2,1-3H3. The van der Waals surface area contributed by atoms with Crippen molar-refractivity contribution in [2.45, 2.75) is 46.1 Å². The second kappa shape index (κ2) is 9.18. The molecule has 0 unspecified atom stereocenters. The summed E-state index contributed by atoms with van der Waals surface area (Å²) in [6.45, 7) is 4.27. The number of allylic oxidation sites excluding steroid dienone is 1. The van der Waals surface area contributed by atoms with E-state index in [1.54, 1.807) is 7.11 Å². The van der Waals surface area contributed by atoms with Gasteiger partial charge in [0.05, 0.1) is 7.11 Å². The van der Waals surface area contributed by atoms with Crippen LogP contribution in [0.1, 0.15) is 45.1 Å². The fourth-order valence-corrected chi connectivity index (χ4v) is 1.78. The van der Waals surface area contributed by atoms with Crippen LogP contribution in [-0.2, 0) is 16.1 Å². The lowest BCUT2D eigenvalue weighted by Gasteiger charge is -2.06. The van der Waals surface area contributed by atoms with Crippen molar-refractivity contribution in [3.63, 3.8) is 0 Å². The quantitative estimate of drug-likeness (QED) is 0.404. The molecule has 0 spiro atoms. The van der Waals surface area contributed by atoms with E-state index >= 15 is 0 Å². The summed E-state index contributed by atoms with van der Waals surface area (Å²) in [5.41, 5.74) is 1.65. The molecule has 0 N–H and O–H groups in total. The normalized spacial score (nSPS) is 11.2. The van der Waals surface area contributed by atoms with Gasteiger partial charge in [0.2, 0.25) is 0 Å². The highest BCUT2D eigenvalue weighted by molar-refractivity contribution is 5.87. The first-order valence-corrected chi connectivity index (χ1v) is 7.14. The van der Waals surface area contributed by atoms with Crippen molar-refractivity contribution in [3.05, 3.63) is 41.5 Å². The van der Waals surface area contributed by atoms with Gasteiger partial charge in [0.25, 0.3) is 0 Å². The molecule has 0 radical (unpaired) electrons. The van der Waals surface area contributed by atoms with Crippen LogP contribution < -0.4 is 4.74 Å². The van der Waals surface area contributed by atoms with Crippen molar-refractivity contribution in [3.8, 4) is 5.75 Å². The Bertz CT molecular complexity index is 432. The molecular weight excluding hydrogens is 252 g/mol. The summed E-state index contributed by atoms with van der Waals surface area (Å²) in [4.78, 5) is 11.8. The molecule has 110 valence electrons. The lowest BCUT2D eigenvalue weighted by atomic mass is 10.1. The molecule has 0 bridgehead atoms. The third-order valence-electron chi connectivity index (χ3n) is 3.11. The molecular formula is C17H24O3. The van der Waals surface area contributed by atoms with Crippen molar-refractivity contribution >= 4 is 5.97 Å². The van der Waals surface area contributed by atoms with Crippen LogP contribution >= 0.6 is 0 Å². The Hall–Kier alpha value is -1.77. The van der Waals surface area contributed by atoms with E-state index in [9.17, 15) is 4.79 Å². The van der Waals surface area contributed by atoms with Crippen LogP contribution in [0.3, 0.4) is 0 Å². The number of rotatable bonds is 8. The minimum absolute atomic E-state index is 0.239. The van der Waals surface area contributed by atoms with E-state index < -0.39 is 0 Å². The third-order valence-corrected chi connectivity index (χ3v) is 3.11. The molecule has 0 saturated carbocycles. The molecule has 0 heterocycles. The van der Waals surface area contributed by atoms with Crippen LogP contribution in [0.15, 0.2) is 35.9 Å². The van der Waals surface area contributed by atoms with Crippen LogP contribution in [0.4, 0.5) is 0 Å². The van der Waals surface area contributed by atoms with Crippen molar-refractivity contribution in [2.24, 2.45) is 0 Å². The minimum atomic E-state index is -0.239. The van der Waals surface area contributed by atoms with Gasteiger partial charge in [0.1, 0.15) is 12.4 Å². The first-order chi connectivity index (χ1) is 9.67. The van der Waals surface area contributed by atoms with Crippen LogP contribution in [0.5, 0.6) is 5.75 Å². The highest BCUT2D eigenvalue weighted by Crippen LogP contribution is 2.13. The van der Waals surface area contributed by atoms with Crippen LogP contribution in [0, 0.1) is 0 Å². The summed E-state index contributed by atoms with van der Waals surface area (Å²) in [6.07, 6.45) is 6.42. The van der Waals surface area contributed by atoms with Gasteiger partial charge in [-0.25, -0.2) is 4.79 Å². The first kappa shape index (κ1) is 16.3. The molecule has 1 aromatic rings. The lowest BCUT2D eigenvalue weighted by molar-refractivity contribution is -0.140. The van der Waals surface area contributed by atoms with Crippen LogP contribution in [-0.4, -0.2) is 13.1 Å². The van der Waals surface area contributed by atoms with E-state index in [-0.39, 0.29) is 5.97 Å². The van der Waals surface area contributed by atoms with E-state index in [0.717, 1.165) is 24.2 Å². The van der Waals surface area contributed by atoms with Gasteiger partial charge in [-0.3, -0.25) is 0 Å². The third kappa shape index (κ3) is 5.91. The summed E-state index contributed by atoms with van der Waals surface area (Å²) in [7, 11) is 1.63. The van der Waals surface area contributed by atoms with Gasteiger partial charge in [0.15, 0.2) is 0 Å². The lowest BCUT2D eigenvalue weighted by Crippen LogP contribution is -2.05. The Morgan fingerprint density at radius 3 is 2.50 bits per heavy atom. The number of hydrogen-bond donors (Lipinski definition) is 0. The molecule has 3 nitrogen and oxygen atoms in total. The highest BCUT2D eigenvalue weighted by atomic mass is 16.5. The predicted octanol–water partition coefficient (Wildman–Crippen LogP) is 4.27. The zero-order valence-corrected chi connectivity index (χ0v) is 12.6. The van der Waals surface area contributed by atoms with E-state index in [1.165, 1.54) is 12.8 Å². The van der Waals surface area contributed by atoms with E-state index in [0.29, 0.717) is 12.2 Å². The molecule has 0 aromatic heterocycles. The molecule has 0 atom stereocenters. The first-order valence-electron chi connectivity index (χ1n) is 7.14. The van der Waals surface area contributed by atoms with Gasteiger partial charge in [0, 0.05) is 5.57 Å². The summed E-state index contributed by atoms with van der Waals surface area (Å²) < 4.78 is 10.4. The zero-order valence-electron chi connectivity index (χ0n) is 12.6. The maximum Gasteiger partial charge on any atom is 0.333 e. The van der Waals surface area contributed by atoms with Crippen molar-refractivity contribution in [2.75, 3.05) is 7.11 Å². The van der Waals surface area contributed by atoms with Gasteiger partial charge < -0.3 is 9.47 Å². The number of benzene rings is 1. The van der Waals surface area contributed by atoms with Crippen molar-refractivity contribution < 1.29 is 14.3 Å².